The monoisotopic (exact) mass is 920 g/mol. The number of fused-ring (bicyclic) bond motifs is 6. The van der Waals surface area contributed by atoms with Crippen molar-refractivity contribution in [3.8, 4) is 44.5 Å². The molecule has 0 saturated heterocycles. The van der Waals surface area contributed by atoms with Gasteiger partial charge in [0.05, 0.1) is 11.1 Å². The Balaban J connectivity index is 1.02. The van der Waals surface area contributed by atoms with Gasteiger partial charge in [-0.1, -0.05) is 232 Å². The van der Waals surface area contributed by atoms with E-state index in [-0.39, 0.29) is 5.41 Å². The zero-order valence-electron chi connectivity index (χ0n) is 40.5. The van der Waals surface area contributed by atoms with E-state index in [1.165, 1.54) is 66.8 Å². The molecule has 0 aromatic heterocycles. The van der Waals surface area contributed by atoms with E-state index in [9.17, 15) is 0 Å². The number of nitrogens with zero attached hydrogens (tertiary/aromatic N) is 2. The van der Waals surface area contributed by atoms with E-state index in [1.54, 1.807) is 0 Å². The Labute approximate surface area is 423 Å². The molecule has 0 heterocycles. The lowest BCUT2D eigenvalue weighted by Gasteiger charge is -2.35. The molecule has 11 aromatic rings. The van der Waals surface area contributed by atoms with E-state index in [0.717, 1.165) is 45.3 Å². The fraction of sp³-hybridized carbons (Fsp3) is 0.0571. The van der Waals surface area contributed by atoms with Crippen molar-refractivity contribution in [3.05, 3.63) is 312 Å². The van der Waals surface area contributed by atoms with Gasteiger partial charge in [-0.2, -0.15) is 0 Å². The summed E-state index contributed by atoms with van der Waals surface area (Å²) in [6, 6.07) is 103. The highest BCUT2D eigenvalue weighted by molar-refractivity contribution is 5.92. The third kappa shape index (κ3) is 6.94. The maximum atomic E-state index is 2.47. The van der Waals surface area contributed by atoms with Crippen molar-refractivity contribution < 1.29 is 0 Å². The van der Waals surface area contributed by atoms with Gasteiger partial charge in [-0.3, -0.25) is 0 Å². The molecule has 0 radical (unpaired) electrons. The second-order valence-electron chi connectivity index (χ2n) is 19.6. The van der Waals surface area contributed by atoms with Crippen molar-refractivity contribution in [3.63, 3.8) is 0 Å². The van der Waals surface area contributed by atoms with Gasteiger partial charge in [0.1, 0.15) is 0 Å². The van der Waals surface area contributed by atoms with Gasteiger partial charge >= 0.3 is 0 Å². The molecule has 0 saturated carbocycles. The lowest BCUT2D eigenvalue weighted by Crippen LogP contribution is -2.28. The van der Waals surface area contributed by atoms with E-state index in [0.29, 0.717) is 0 Å². The molecule has 13 rings (SSSR count). The summed E-state index contributed by atoms with van der Waals surface area (Å²) in [4.78, 5) is 4.91. The van der Waals surface area contributed by atoms with Gasteiger partial charge in [0.25, 0.3) is 0 Å². The topological polar surface area (TPSA) is 6.48 Å². The van der Waals surface area contributed by atoms with Crippen LogP contribution in [0.2, 0.25) is 0 Å². The molecule has 0 unspecified atom stereocenters. The molecule has 0 atom stereocenters. The fourth-order valence-electron chi connectivity index (χ4n) is 12.0. The molecular formula is C70H52N2. The van der Waals surface area contributed by atoms with Crippen molar-refractivity contribution in [1.82, 2.24) is 0 Å². The van der Waals surface area contributed by atoms with Crippen LogP contribution < -0.4 is 9.80 Å². The Morgan fingerprint density at radius 1 is 0.250 bits per heavy atom. The summed E-state index contributed by atoms with van der Waals surface area (Å²) in [5, 5.41) is 0. The summed E-state index contributed by atoms with van der Waals surface area (Å²) in [6.07, 6.45) is 0. The summed E-state index contributed by atoms with van der Waals surface area (Å²) < 4.78 is 0. The average molecular weight is 921 g/mol. The predicted molar refractivity (Wildman–Crippen MR) is 302 cm³/mol. The molecule has 72 heavy (non-hydrogen) atoms. The van der Waals surface area contributed by atoms with Crippen LogP contribution in [0, 0.1) is 0 Å². The van der Waals surface area contributed by atoms with Gasteiger partial charge in [-0.05, 0) is 133 Å². The highest BCUT2D eigenvalue weighted by atomic mass is 15.2. The highest BCUT2D eigenvalue weighted by Gasteiger charge is 2.46. The molecule has 0 amide bonds. The molecule has 11 aromatic carbocycles. The summed E-state index contributed by atoms with van der Waals surface area (Å²) in [5.41, 5.74) is 23.4. The lowest BCUT2D eigenvalue weighted by molar-refractivity contribution is 0.660. The van der Waals surface area contributed by atoms with Crippen LogP contribution in [0.15, 0.2) is 279 Å². The Morgan fingerprint density at radius 3 is 1.33 bits per heavy atom. The van der Waals surface area contributed by atoms with Gasteiger partial charge in [-0.15, -0.1) is 0 Å². The third-order valence-electron chi connectivity index (χ3n) is 15.3. The van der Waals surface area contributed by atoms with Crippen molar-refractivity contribution in [2.45, 2.75) is 24.7 Å². The summed E-state index contributed by atoms with van der Waals surface area (Å²) >= 11 is 0. The minimum Gasteiger partial charge on any atom is -0.310 e. The zero-order valence-corrected chi connectivity index (χ0v) is 40.5. The second kappa shape index (κ2) is 17.5. The van der Waals surface area contributed by atoms with Gasteiger partial charge in [-0.25, -0.2) is 0 Å². The summed E-state index contributed by atoms with van der Waals surface area (Å²) in [6.45, 7) is 4.73. The molecule has 0 spiro atoms. The quantitative estimate of drug-likeness (QED) is 0.135. The largest absolute Gasteiger partial charge is 0.310 e. The van der Waals surface area contributed by atoms with Crippen LogP contribution in [0.4, 0.5) is 34.1 Å². The smallest absolute Gasteiger partial charge is 0.0714 e. The van der Waals surface area contributed by atoms with E-state index in [1.807, 2.05) is 0 Å². The molecule has 0 bridgehead atoms. The highest BCUT2D eigenvalue weighted by Crippen LogP contribution is 2.57. The van der Waals surface area contributed by atoms with Gasteiger partial charge in [0.2, 0.25) is 0 Å². The summed E-state index contributed by atoms with van der Waals surface area (Å²) in [7, 11) is 0. The third-order valence-corrected chi connectivity index (χ3v) is 15.3. The van der Waals surface area contributed by atoms with Gasteiger partial charge in [0, 0.05) is 39.4 Å². The standard InChI is InChI=1S/C70H52N2/c1-69(2)64-36-16-12-33-60(64)63-45-44-58(48-67(63)69)71(54-42-40-50(41-43-54)49-22-6-3-7-23-49)56-30-21-31-57(47-56)72(68-39-19-15-32-59(68)51-24-8-4-9-25-51)55-29-20-28-53(46-55)70(52-26-10-5-11-27-52)65-37-17-13-34-61(65)62-35-14-18-38-66(62)70/h3-48H,1-2H3. The number of para-hydroxylation sites is 1. The molecule has 342 valence electrons. The van der Waals surface area contributed by atoms with Gasteiger partial charge < -0.3 is 9.80 Å². The first kappa shape index (κ1) is 43.1. The number of anilines is 6. The maximum absolute atomic E-state index is 2.47. The second-order valence-corrected chi connectivity index (χ2v) is 19.6. The normalized spacial score (nSPS) is 13.4. The maximum Gasteiger partial charge on any atom is 0.0714 e. The minimum absolute atomic E-state index is 0.160. The lowest BCUT2D eigenvalue weighted by atomic mass is 9.67. The predicted octanol–water partition coefficient (Wildman–Crippen LogP) is 18.6. The van der Waals surface area contributed by atoms with Crippen LogP contribution in [0.5, 0.6) is 0 Å². The van der Waals surface area contributed by atoms with Crippen molar-refractivity contribution in [2.75, 3.05) is 9.80 Å². The first-order valence-corrected chi connectivity index (χ1v) is 25.1. The van der Waals surface area contributed by atoms with Crippen LogP contribution in [0.1, 0.15) is 47.2 Å². The van der Waals surface area contributed by atoms with Crippen LogP contribution >= 0.6 is 0 Å². The first-order valence-electron chi connectivity index (χ1n) is 25.1. The van der Waals surface area contributed by atoms with E-state index >= 15 is 0 Å². The minimum atomic E-state index is -0.555. The fourth-order valence-corrected chi connectivity index (χ4v) is 12.0. The van der Waals surface area contributed by atoms with Crippen LogP contribution in [-0.4, -0.2) is 0 Å². The number of hydrogen-bond acceptors (Lipinski definition) is 2. The van der Waals surface area contributed by atoms with E-state index in [2.05, 4.69) is 303 Å². The first-order chi connectivity index (χ1) is 35.5. The summed E-state index contributed by atoms with van der Waals surface area (Å²) in [5.74, 6) is 0. The average Bonchev–Trinajstić information content (AvgIpc) is 3.87. The Hall–Kier alpha value is -8.98. The molecular weight excluding hydrogens is 869 g/mol. The van der Waals surface area contributed by atoms with Crippen LogP contribution in [-0.2, 0) is 10.8 Å². The Kier molecular flexibility index (Phi) is 10.4. The number of hydrogen-bond donors (Lipinski definition) is 0. The van der Waals surface area contributed by atoms with Crippen LogP contribution in [0.3, 0.4) is 0 Å². The van der Waals surface area contributed by atoms with E-state index < -0.39 is 5.41 Å². The Morgan fingerprint density at radius 2 is 0.681 bits per heavy atom. The van der Waals surface area contributed by atoms with Crippen LogP contribution in [0.25, 0.3) is 44.5 Å². The molecule has 0 fully saturated rings. The molecule has 2 heteroatoms. The van der Waals surface area contributed by atoms with Crippen molar-refractivity contribution >= 4 is 34.1 Å². The number of benzene rings is 11. The Bertz CT molecular complexity index is 3730. The molecule has 0 N–H and O–H groups in total. The van der Waals surface area contributed by atoms with Gasteiger partial charge in [0.15, 0.2) is 0 Å². The van der Waals surface area contributed by atoms with Crippen molar-refractivity contribution in [2.24, 2.45) is 0 Å². The van der Waals surface area contributed by atoms with Crippen molar-refractivity contribution in [1.29, 1.82) is 0 Å². The SMILES string of the molecule is CC1(C)c2ccccc2-c2ccc(N(c3ccc(-c4ccccc4)cc3)c3cccc(N(c4cccc(C5(c6ccccc6)c6ccccc6-c6ccccc65)c4)c4ccccc4-c4ccccc4)c3)cc21. The number of rotatable bonds is 10. The zero-order chi connectivity index (χ0) is 48.2. The molecule has 0 aliphatic heterocycles. The molecule has 2 aliphatic carbocycles. The molecule has 2 nitrogen and oxygen atoms in total. The molecule has 2 aliphatic rings. The van der Waals surface area contributed by atoms with E-state index in [4.69, 9.17) is 0 Å².